The van der Waals surface area contributed by atoms with E-state index in [0.29, 0.717) is 26.8 Å². The normalized spacial score (nSPS) is 12.6. The molecule has 1 aliphatic carbocycles. The van der Waals surface area contributed by atoms with Crippen LogP contribution in [0.15, 0.2) is 66.9 Å². The number of aromatic nitrogens is 1. The molecule has 0 unspecified atom stereocenters. The minimum atomic E-state index is -0.551. The quantitative estimate of drug-likeness (QED) is 0.411. The molecule has 1 aliphatic rings. The molecule has 5 nitrogen and oxygen atoms in total. The van der Waals surface area contributed by atoms with Crippen LogP contribution in [0.1, 0.15) is 42.3 Å². The fourth-order valence-electron chi connectivity index (χ4n) is 3.80. The average molecular weight is 435 g/mol. The molecule has 2 heterocycles. The van der Waals surface area contributed by atoms with E-state index in [1.54, 1.807) is 65.2 Å². The summed E-state index contributed by atoms with van der Waals surface area (Å²) in [4.78, 5) is 39.8. The Balaban J connectivity index is 1.74. The van der Waals surface area contributed by atoms with E-state index in [1.807, 2.05) is 0 Å². The van der Waals surface area contributed by atoms with Crippen LogP contribution in [0.5, 0.6) is 0 Å². The van der Waals surface area contributed by atoms with Crippen molar-refractivity contribution in [3.05, 3.63) is 105 Å². The van der Waals surface area contributed by atoms with Gasteiger partial charge < -0.3 is 9.72 Å². The van der Waals surface area contributed by atoms with Gasteiger partial charge in [-0.25, -0.2) is 0 Å². The fraction of sp³-hybridized carbons (Fsp3) is 0. The van der Waals surface area contributed by atoms with E-state index < -0.39 is 5.91 Å². The van der Waals surface area contributed by atoms with Crippen molar-refractivity contribution in [3.8, 4) is 0 Å². The van der Waals surface area contributed by atoms with Crippen LogP contribution in [-0.2, 0) is 0 Å². The minimum Gasteiger partial charge on any atom is -0.320 e. The van der Waals surface area contributed by atoms with Gasteiger partial charge in [0.05, 0.1) is 27.4 Å². The molecule has 7 heteroatoms. The molecule has 0 saturated heterocycles. The SMILES string of the molecule is O=C1c2ccccc2C(=O)c2c1c(C(=O)Nc1cc(Cl)ccc1Cl)c1ccccn21. The zero-order chi connectivity index (χ0) is 21.0. The van der Waals surface area contributed by atoms with Crippen molar-refractivity contribution in [3.63, 3.8) is 0 Å². The molecule has 2 aromatic heterocycles. The summed E-state index contributed by atoms with van der Waals surface area (Å²) in [6, 6.07) is 16.5. The van der Waals surface area contributed by atoms with E-state index in [4.69, 9.17) is 23.2 Å². The van der Waals surface area contributed by atoms with Gasteiger partial charge in [0, 0.05) is 22.3 Å². The lowest BCUT2D eigenvalue weighted by Gasteiger charge is -2.15. The van der Waals surface area contributed by atoms with Crippen LogP contribution in [0.2, 0.25) is 10.0 Å². The van der Waals surface area contributed by atoms with Gasteiger partial charge in [-0.3, -0.25) is 14.4 Å². The minimum absolute atomic E-state index is 0.0838. The Morgan fingerprint density at radius 1 is 0.867 bits per heavy atom. The maximum absolute atomic E-state index is 13.3. The predicted molar refractivity (Wildman–Crippen MR) is 115 cm³/mol. The van der Waals surface area contributed by atoms with Gasteiger partial charge in [0.15, 0.2) is 5.78 Å². The van der Waals surface area contributed by atoms with E-state index in [0.717, 1.165) is 0 Å². The molecule has 0 bridgehead atoms. The summed E-state index contributed by atoms with van der Waals surface area (Å²) in [7, 11) is 0. The van der Waals surface area contributed by atoms with Crippen molar-refractivity contribution in [1.82, 2.24) is 4.40 Å². The third-order valence-corrected chi connectivity index (χ3v) is 5.67. The summed E-state index contributed by atoms with van der Waals surface area (Å²) in [6.45, 7) is 0. The van der Waals surface area contributed by atoms with Crippen molar-refractivity contribution >= 4 is 51.9 Å². The number of nitrogens with one attached hydrogen (secondary N) is 1. The number of rotatable bonds is 2. The molecule has 2 aromatic carbocycles. The number of benzene rings is 2. The topological polar surface area (TPSA) is 67.7 Å². The number of carbonyl (C=O) groups is 3. The van der Waals surface area contributed by atoms with Gasteiger partial charge in [0.1, 0.15) is 5.69 Å². The third kappa shape index (κ3) is 2.67. The summed E-state index contributed by atoms with van der Waals surface area (Å²) < 4.78 is 1.58. The standard InChI is InChI=1S/C23H12Cl2N2O3/c24-12-8-9-15(25)16(11-12)26-23(30)18-17-7-3-4-10-27(17)20-19(18)21(28)13-5-1-2-6-14(13)22(20)29/h1-11H,(H,26,30). The number of fused-ring (bicyclic) bond motifs is 4. The number of pyridine rings is 1. The predicted octanol–water partition coefficient (Wildman–Crippen LogP) is 5.27. The molecule has 0 atom stereocenters. The highest BCUT2D eigenvalue weighted by Gasteiger charge is 2.37. The first kappa shape index (κ1) is 18.6. The smallest absolute Gasteiger partial charge is 0.258 e. The van der Waals surface area contributed by atoms with Crippen molar-refractivity contribution in [2.75, 3.05) is 5.32 Å². The second-order valence-corrected chi connectivity index (χ2v) is 7.68. The van der Waals surface area contributed by atoms with E-state index in [-0.39, 0.29) is 34.0 Å². The molecule has 0 fully saturated rings. The zero-order valence-corrected chi connectivity index (χ0v) is 16.8. The molecule has 0 radical (unpaired) electrons. The Hall–Kier alpha value is -3.41. The maximum Gasteiger partial charge on any atom is 0.258 e. The summed E-state index contributed by atoms with van der Waals surface area (Å²) in [5, 5.41) is 3.43. The number of nitrogens with zero attached hydrogens (tertiary/aromatic N) is 1. The Bertz CT molecular complexity index is 1410. The molecule has 4 aromatic rings. The van der Waals surface area contributed by atoms with Crippen LogP contribution in [0.3, 0.4) is 0 Å². The van der Waals surface area contributed by atoms with E-state index in [2.05, 4.69) is 5.32 Å². The van der Waals surface area contributed by atoms with Crippen molar-refractivity contribution in [2.24, 2.45) is 0 Å². The average Bonchev–Trinajstić information content (AvgIpc) is 3.10. The van der Waals surface area contributed by atoms with Crippen LogP contribution >= 0.6 is 23.2 Å². The lowest BCUT2D eigenvalue weighted by Crippen LogP contribution is -2.24. The maximum atomic E-state index is 13.3. The summed E-state index contributed by atoms with van der Waals surface area (Å²) in [5.41, 5.74) is 1.75. The van der Waals surface area contributed by atoms with Gasteiger partial charge >= 0.3 is 0 Å². The molecule has 1 N–H and O–H groups in total. The van der Waals surface area contributed by atoms with Crippen molar-refractivity contribution < 1.29 is 14.4 Å². The summed E-state index contributed by atoms with van der Waals surface area (Å²) >= 11 is 12.2. The monoisotopic (exact) mass is 434 g/mol. The highest BCUT2D eigenvalue weighted by Crippen LogP contribution is 2.35. The number of ketones is 2. The number of anilines is 1. The van der Waals surface area contributed by atoms with Gasteiger partial charge in [-0.15, -0.1) is 0 Å². The van der Waals surface area contributed by atoms with E-state index >= 15 is 0 Å². The van der Waals surface area contributed by atoms with Crippen LogP contribution in [-0.4, -0.2) is 21.9 Å². The van der Waals surface area contributed by atoms with E-state index in [1.165, 1.54) is 6.07 Å². The Labute approximate surface area is 180 Å². The molecule has 5 rings (SSSR count). The van der Waals surface area contributed by atoms with Crippen LogP contribution in [0.4, 0.5) is 5.69 Å². The highest BCUT2D eigenvalue weighted by molar-refractivity contribution is 6.37. The Morgan fingerprint density at radius 2 is 1.57 bits per heavy atom. The molecule has 0 spiro atoms. The molecule has 0 aliphatic heterocycles. The molecule has 0 saturated carbocycles. The lowest BCUT2D eigenvalue weighted by molar-refractivity contribution is 0.0969. The fourth-order valence-corrected chi connectivity index (χ4v) is 4.14. The largest absolute Gasteiger partial charge is 0.320 e. The molecule has 1 amide bonds. The Morgan fingerprint density at radius 3 is 2.33 bits per heavy atom. The van der Waals surface area contributed by atoms with Gasteiger partial charge in [0.25, 0.3) is 5.91 Å². The second kappa shape index (κ2) is 6.83. The van der Waals surface area contributed by atoms with Gasteiger partial charge in [-0.1, -0.05) is 53.5 Å². The van der Waals surface area contributed by atoms with Crippen molar-refractivity contribution in [1.29, 1.82) is 0 Å². The number of hydrogen-bond acceptors (Lipinski definition) is 3. The van der Waals surface area contributed by atoms with Crippen LogP contribution < -0.4 is 5.32 Å². The number of halogens is 2. The lowest BCUT2D eigenvalue weighted by atomic mass is 9.86. The van der Waals surface area contributed by atoms with Gasteiger partial charge in [-0.2, -0.15) is 0 Å². The first-order valence-electron chi connectivity index (χ1n) is 9.05. The zero-order valence-electron chi connectivity index (χ0n) is 15.3. The summed E-state index contributed by atoms with van der Waals surface area (Å²) in [5.74, 6) is -1.22. The van der Waals surface area contributed by atoms with Crippen molar-refractivity contribution in [2.45, 2.75) is 0 Å². The summed E-state index contributed by atoms with van der Waals surface area (Å²) in [6.07, 6.45) is 1.66. The molecule has 146 valence electrons. The molecular weight excluding hydrogens is 423 g/mol. The Kier molecular flexibility index (Phi) is 4.24. The van der Waals surface area contributed by atoms with Crippen LogP contribution in [0.25, 0.3) is 5.52 Å². The van der Waals surface area contributed by atoms with Crippen LogP contribution in [0, 0.1) is 0 Å². The van der Waals surface area contributed by atoms with Gasteiger partial charge in [0.2, 0.25) is 5.78 Å². The molecular formula is C23H12Cl2N2O3. The number of amides is 1. The first-order chi connectivity index (χ1) is 14.5. The first-order valence-corrected chi connectivity index (χ1v) is 9.81. The second-order valence-electron chi connectivity index (χ2n) is 6.84. The molecule has 30 heavy (non-hydrogen) atoms. The number of hydrogen-bond donors (Lipinski definition) is 1. The third-order valence-electron chi connectivity index (χ3n) is 5.11. The van der Waals surface area contributed by atoms with Gasteiger partial charge in [-0.05, 0) is 30.3 Å². The highest BCUT2D eigenvalue weighted by atomic mass is 35.5. The number of carbonyl (C=O) groups excluding carboxylic acids is 3. The van der Waals surface area contributed by atoms with E-state index in [9.17, 15) is 14.4 Å².